The third-order valence-electron chi connectivity index (χ3n) is 5.06. The van der Waals surface area contributed by atoms with Crippen molar-refractivity contribution in [3.05, 3.63) is 41.4 Å². The van der Waals surface area contributed by atoms with Gasteiger partial charge in [-0.05, 0) is 31.4 Å². The van der Waals surface area contributed by atoms with E-state index in [1.165, 1.54) is 48.7 Å². The summed E-state index contributed by atoms with van der Waals surface area (Å²) < 4.78 is 0. The average Bonchev–Trinajstić information content (AvgIpc) is 3.16. The molecular weight excluding hydrogens is 374 g/mol. The first-order chi connectivity index (χ1) is 13.7. The Labute approximate surface area is 168 Å². The van der Waals surface area contributed by atoms with Crippen LogP contribution in [0.25, 0.3) is 0 Å². The topological polar surface area (TPSA) is 79.1 Å². The Bertz CT molecular complexity index is 874. The number of aromatic nitrogens is 1. The molecule has 1 fully saturated rings. The highest BCUT2D eigenvalue weighted by Crippen LogP contribution is 2.21. The largest absolute Gasteiger partial charge is 0.330 e. The Morgan fingerprint density at radius 1 is 1.14 bits per heavy atom. The van der Waals surface area contributed by atoms with Crippen molar-refractivity contribution in [2.75, 3.05) is 23.4 Å². The van der Waals surface area contributed by atoms with E-state index in [1.54, 1.807) is 17.0 Å². The van der Waals surface area contributed by atoms with Crippen LogP contribution < -0.4 is 15.2 Å². The minimum atomic E-state index is -0.292. The zero-order valence-corrected chi connectivity index (χ0v) is 16.5. The summed E-state index contributed by atoms with van der Waals surface area (Å²) in [6, 6.07) is 9.17. The van der Waals surface area contributed by atoms with Gasteiger partial charge in [0.05, 0.1) is 18.8 Å². The number of nitrogens with one attached hydrogen (secondary N) is 2. The predicted molar refractivity (Wildman–Crippen MR) is 110 cm³/mol. The molecule has 8 heteroatoms. The second-order valence-electron chi connectivity index (χ2n) is 7.17. The molecule has 2 aliphatic heterocycles. The van der Waals surface area contributed by atoms with E-state index in [0.717, 1.165) is 12.2 Å². The van der Waals surface area contributed by atoms with Crippen LogP contribution in [0.3, 0.4) is 0 Å². The molecule has 4 rings (SSSR count). The highest BCUT2D eigenvalue weighted by Gasteiger charge is 2.26. The van der Waals surface area contributed by atoms with Gasteiger partial charge in [0.1, 0.15) is 18.0 Å². The molecular formula is C20H24N5O2S+. The zero-order chi connectivity index (χ0) is 19.3. The number of thiazole rings is 1. The lowest BCUT2D eigenvalue weighted by atomic mass is 10.1. The molecule has 7 nitrogen and oxygen atoms in total. The first-order valence-corrected chi connectivity index (χ1v) is 10.6. The van der Waals surface area contributed by atoms with E-state index in [4.69, 9.17) is 0 Å². The van der Waals surface area contributed by atoms with Crippen molar-refractivity contribution in [2.24, 2.45) is 5.10 Å². The van der Waals surface area contributed by atoms with Gasteiger partial charge in [-0.15, -0.1) is 11.3 Å². The molecule has 3 heterocycles. The predicted octanol–water partition coefficient (Wildman–Crippen LogP) is 1.83. The van der Waals surface area contributed by atoms with Gasteiger partial charge in [0.25, 0.3) is 5.91 Å². The van der Waals surface area contributed by atoms with Crippen LogP contribution in [-0.4, -0.2) is 35.6 Å². The first kappa shape index (κ1) is 18.8. The number of hydrogen-bond donors (Lipinski definition) is 2. The van der Waals surface area contributed by atoms with Crippen LogP contribution in [-0.2, 0) is 16.1 Å². The van der Waals surface area contributed by atoms with Crippen LogP contribution in [0, 0.1) is 0 Å². The Morgan fingerprint density at radius 2 is 1.93 bits per heavy atom. The van der Waals surface area contributed by atoms with Gasteiger partial charge in [-0.2, -0.15) is 5.10 Å². The van der Waals surface area contributed by atoms with Crippen LogP contribution in [0.5, 0.6) is 0 Å². The van der Waals surface area contributed by atoms with Crippen molar-refractivity contribution in [1.29, 1.82) is 0 Å². The first-order valence-electron chi connectivity index (χ1n) is 9.74. The summed E-state index contributed by atoms with van der Waals surface area (Å²) in [5.41, 5.74) is 2.03. The smallest absolute Gasteiger partial charge is 0.273 e. The number of quaternary nitrogens is 1. The number of carbonyl (C=O) groups excluding carboxylic acids is 2. The summed E-state index contributed by atoms with van der Waals surface area (Å²) in [5, 5.41) is 11.0. The van der Waals surface area contributed by atoms with Gasteiger partial charge in [-0.1, -0.05) is 18.2 Å². The van der Waals surface area contributed by atoms with Crippen LogP contribution in [0.15, 0.2) is 40.8 Å². The fraction of sp³-hybridized carbons (Fsp3) is 0.400. The average molecular weight is 399 g/mol. The minimum Gasteiger partial charge on any atom is -0.330 e. The van der Waals surface area contributed by atoms with Crippen LogP contribution in [0.4, 0.5) is 10.8 Å². The van der Waals surface area contributed by atoms with E-state index < -0.39 is 0 Å². The number of anilines is 2. The number of rotatable bonds is 5. The Balaban J connectivity index is 1.41. The molecule has 0 spiro atoms. The second kappa shape index (κ2) is 8.62. The van der Waals surface area contributed by atoms with E-state index in [0.29, 0.717) is 23.0 Å². The summed E-state index contributed by atoms with van der Waals surface area (Å²) in [6.07, 6.45) is 4.48. The fourth-order valence-corrected chi connectivity index (χ4v) is 4.29. The molecule has 2 aliphatic rings. The molecule has 1 saturated heterocycles. The molecule has 2 amide bonds. The highest BCUT2D eigenvalue weighted by atomic mass is 32.1. The number of para-hydroxylation sites is 1. The van der Waals surface area contributed by atoms with E-state index in [9.17, 15) is 9.59 Å². The maximum absolute atomic E-state index is 12.6. The lowest BCUT2D eigenvalue weighted by molar-refractivity contribution is -0.918. The Hall–Kier alpha value is -2.58. The van der Waals surface area contributed by atoms with Gasteiger partial charge in [-0.3, -0.25) is 14.9 Å². The molecule has 0 bridgehead atoms. The molecule has 0 atom stereocenters. The Kier molecular flexibility index (Phi) is 5.78. The van der Waals surface area contributed by atoms with Gasteiger partial charge in [-0.25, -0.2) is 9.99 Å². The highest BCUT2D eigenvalue weighted by molar-refractivity contribution is 7.14. The quantitative estimate of drug-likeness (QED) is 0.807. The molecule has 28 heavy (non-hydrogen) atoms. The molecule has 0 radical (unpaired) electrons. The van der Waals surface area contributed by atoms with E-state index >= 15 is 0 Å². The molecule has 2 aromatic rings. The number of likely N-dealkylation sites (tertiary alicyclic amines) is 1. The monoisotopic (exact) mass is 398 g/mol. The summed E-state index contributed by atoms with van der Waals surface area (Å²) in [4.78, 5) is 30.9. The summed E-state index contributed by atoms with van der Waals surface area (Å²) in [5.74, 6) is -0.400. The van der Waals surface area contributed by atoms with Gasteiger partial charge < -0.3 is 4.90 Å². The number of benzene rings is 1. The summed E-state index contributed by atoms with van der Waals surface area (Å²) >= 11 is 1.44. The standard InChI is InChI=1S/C20H23N5O2S/c26-18-10-9-17(23-25(18)16-7-3-1-4-8-16)19(27)22-20-21-15(14-28-20)13-24-11-5-2-6-12-24/h1,3-4,7-8,14H,2,5-6,9-13H2,(H,21,22,27)/p+1. The van der Waals surface area contributed by atoms with E-state index in [2.05, 4.69) is 15.4 Å². The summed E-state index contributed by atoms with van der Waals surface area (Å²) in [6.45, 7) is 3.29. The van der Waals surface area contributed by atoms with Gasteiger partial charge in [0.2, 0.25) is 5.91 Å². The number of amides is 2. The molecule has 146 valence electrons. The van der Waals surface area contributed by atoms with E-state index in [-0.39, 0.29) is 18.2 Å². The molecule has 0 aliphatic carbocycles. The normalized spacial score (nSPS) is 18.1. The number of hydrogen-bond acceptors (Lipinski definition) is 5. The lowest BCUT2D eigenvalue weighted by Crippen LogP contribution is -3.11. The van der Waals surface area contributed by atoms with Gasteiger partial charge in [0, 0.05) is 18.2 Å². The Morgan fingerprint density at radius 3 is 2.71 bits per heavy atom. The molecule has 0 saturated carbocycles. The lowest BCUT2D eigenvalue weighted by Gasteiger charge is -2.23. The second-order valence-corrected chi connectivity index (χ2v) is 8.03. The third kappa shape index (κ3) is 4.45. The van der Waals surface area contributed by atoms with Gasteiger partial charge in [0.15, 0.2) is 5.13 Å². The maximum atomic E-state index is 12.6. The van der Waals surface area contributed by atoms with Crippen molar-refractivity contribution in [1.82, 2.24) is 4.98 Å². The number of piperidine rings is 1. The van der Waals surface area contributed by atoms with E-state index in [1.807, 2.05) is 23.6 Å². The van der Waals surface area contributed by atoms with Crippen LogP contribution in [0.2, 0.25) is 0 Å². The third-order valence-corrected chi connectivity index (χ3v) is 5.87. The molecule has 0 unspecified atom stereocenters. The number of nitrogens with zero attached hydrogens (tertiary/aromatic N) is 3. The molecule has 1 aromatic carbocycles. The zero-order valence-electron chi connectivity index (χ0n) is 15.7. The van der Waals surface area contributed by atoms with Crippen molar-refractivity contribution in [3.63, 3.8) is 0 Å². The minimum absolute atomic E-state index is 0.108. The molecule has 1 aromatic heterocycles. The molecule has 2 N–H and O–H groups in total. The fourth-order valence-electron chi connectivity index (χ4n) is 3.59. The van der Waals surface area contributed by atoms with Crippen molar-refractivity contribution in [3.8, 4) is 0 Å². The number of carbonyl (C=O) groups is 2. The number of hydrazone groups is 1. The van der Waals surface area contributed by atoms with Crippen molar-refractivity contribution >= 4 is 39.7 Å². The maximum Gasteiger partial charge on any atom is 0.273 e. The SMILES string of the molecule is O=C(Nc1nc(C[NH+]2CCCCC2)cs1)C1=NN(c2ccccc2)C(=O)CC1. The van der Waals surface area contributed by atoms with Crippen LogP contribution >= 0.6 is 11.3 Å². The van der Waals surface area contributed by atoms with Crippen LogP contribution in [0.1, 0.15) is 37.8 Å². The van der Waals surface area contributed by atoms with Crippen molar-refractivity contribution in [2.45, 2.75) is 38.6 Å². The summed E-state index contributed by atoms with van der Waals surface area (Å²) in [7, 11) is 0. The van der Waals surface area contributed by atoms with Gasteiger partial charge >= 0.3 is 0 Å². The van der Waals surface area contributed by atoms with Crippen molar-refractivity contribution < 1.29 is 14.5 Å².